The number of anilines is 1. The number of hydrogen-bond donors (Lipinski definition) is 1. The number of rotatable bonds is 3. The van der Waals surface area contributed by atoms with Crippen LogP contribution in [0.15, 0.2) is 12.4 Å². The molecule has 0 aromatic carbocycles. The molecule has 1 aliphatic carbocycles. The molecule has 4 nitrogen and oxygen atoms in total. The van der Waals surface area contributed by atoms with E-state index >= 15 is 0 Å². The summed E-state index contributed by atoms with van der Waals surface area (Å²) in [6.07, 6.45) is 6.13. The molecule has 0 bridgehead atoms. The maximum absolute atomic E-state index is 5.75. The molecule has 1 aliphatic rings. The van der Waals surface area contributed by atoms with E-state index in [0.29, 0.717) is 6.04 Å². The largest absolute Gasteiger partial charge is 0.345 e. The predicted octanol–water partition coefficient (Wildman–Crippen LogP) is 0.594. The minimum atomic E-state index is 0.440. The van der Waals surface area contributed by atoms with E-state index < -0.39 is 0 Å². The number of aryl methyl sites for hydroxylation is 1. The molecule has 1 heterocycles. The lowest BCUT2D eigenvalue weighted by molar-refractivity contribution is 0.270. The molecule has 0 aliphatic heterocycles. The molecule has 2 N–H and O–H groups in total. The Morgan fingerprint density at radius 3 is 2.86 bits per heavy atom. The first-order valence-corrected chi connectivity index (χ1v) is 5.11. The Balaban J connectivity index is 1.90. The molecule has 0 saturated heterocycles. The number of nitrogens with zero attached hydrogens (tertiary/aromatic N) is 3. The highest BCUT2D eigenvalue weighted by Crippen LogP contribution is 2.27. The third kappa shape index (κ3) is 1.75. The molecule has 0 amide bonds. The topological polar surface area (TPSA) is 47.1 Å². The van der Waals surface area contributed by atoms with Gasteiger partial charge in [0.25, 0.3) is 0 Å². The number of imidazole rings is 1. The lowest BCUT2D eigenvalue weighted by Gasteiger charge is -2.35. The first-order valence-electron chi connectivity index (χ1n) is 5.11. The van der Waals surface area contributed by atoms with Gasteiger partial charge in [0.05, 0.1) is 0 Å². The van der Waals surface area contributed by atoms with Crippen LogP contribution in [0.1, 0.15) is 12.8 Å². The second-order valence-corrected chi connectivity index (χ2v) is 4.32. The van der Waals surface area contributed by atoms with Crippen LogP contribution in [0.2, 0.25) is 0 Å². The van der Waals surface area contributed by atoms with Crippen LogP contribution in [-0.4, -0.2) is 29.2 Å². The van der Waals surface area contributed by atoms with Gasteiger partial charge in [-0.25, -0.2) is 4.98 Å². The Kier molecular flexibility index (Phi) is 2.46. The summed E-state index contributed by atoms with van der Waals surface area (Å²) >= 11 is 0. The molecule has 0 unspecified atom stereocenters. The molecule has 78 valence electrons. The van der Waals surface area contributed by atoms with Gasteiger partial charge in [-0.1, -0.05) is 0 Å². The van der Waals surface area contributed by atoms with Crippen molar-refractivity contribution in [1.82, 2.24) is 9.55 Å². The summed E-state index contributed by atoms with van der Waals surface area (Å²) in [6.45, 7) is 1.07. The number of aromatic nitrogens is 2. The SMILES string of the molecule is CN(CC1CC(N)C1)c1nccn1C. The van der Waals surface area contributed by atoms with Crippen molar-refractivity contribution < 1.29 is 0 Å². The minimum absolute atomic E-state index is 0.440. The number of nitrogens with two attached hydrogens (primary N) is 1. The smallest absolute Gasteiger partial charge is 0.204 e. The Hall–Kier alpha value is -1.03. The Bertz CT molecular complexity index is 301. The fraction of sp³-hybridized carbons (Fsp3) is 0.700. The van der Waals surface area contributed by atoms with Crippen LogP contribution in [0.25, 0.3) is 0 Å². The van der Waals surface area contributed by atoms with E-state index in [9.17, 15) is 0 Å². The van der Waals surface area contributed by atoms with E-state index in [2.05, 4.69) is 16.9 Å². The van der Waals surface area contributed by atoms with E-state index in [1.807, 2.05) is 24.0 Å². The van der Waals surface area contributed by atoms with E-state index in [0.717, 1.165) is 31.3 Å². The van der Waals surface area contributed by atoms with Gasteiger partial charge in [-0.15, -0.1) is 0 Å². The molecule has 4 heteroatoms. The maximum atomic E-state index is 5.75. The van der Waals surface area contributed by atoms with Gasteiger partial charge in [-0.05, 0) is 18.8 Å². The van der Waals surface area contributed by atoms with Crippen LogP contribution in [0.5, 0.6) is 0 Å². The fourth-order valence-electron chi connectivity index (χ4n) is 2.13. The van der Waals surface area contributed by atoms with Gasteiger partial charge in [0.15, 0.2) is 0 Å². The van der Waals surface area contributed by atoms with Crippen molar-refractivity contribution in [2.45, 2.75) is 18.9 Å². The van der Waals surface area contributed by atoms with Crippen molar-refractivity contribution in [2.24, 2.45) is 18.7 Å². The van der Waals surface area contributed by atoms with Gasteiger partial charge < -0.3 is 15.2 Å². The molecule has 2 rings (SSSR count). The highest BCUT2D eigenvalue weighted by Gasteiger charge is 2.27. The quantitative estimate of drug-likeness (QED) is 0.766. The van der Waals surface area contributed by atoms with Gasteiger partial charge in [-0.2, -0.15) is 0 Å². The van der Waals surface area contributed by atoms with Crippen LogP contribution < -0.4 is 10.6 Å². The Morgan fingerprint density at radius 2 is 2.36 bits per heavy atom. The van der Waals surface area contributed by atoms with Crippen molar-refractivity contribution >= 4 is 5.95 Å². The molecule has 1 aromatic heterocycles. The summed E-state index contributed by atoms with van der Waals surface area (Å²) in [6, 6.07) is 0.440. The zero-order chi connectivity index (χ0) is 10.1. The van der Waals surface area contributed by atoms with E-state index in [-0.39, 0.29) is 0 Å². The van der Waals surface area contributed by atoms with Gasteiger partial charge in [0, 0.05) is 39.1 Å². The lowest BCUT2D eigenvalue weighted by Crippen LogP contribution is -2.42. The summed E-state index contributed by atoms with van der Waals surface area (Å²) in [7, 11) is 4.11. The van der Waals surface area contributed by atoms with Gasteiger partial charge >= 0.3 is 0 Å². The lowest BCUT2D eigenvalue weighted by atomic mass is 9.81. The molecular weight excluding hydrogens is 176 g/mol. The third-order valence-corrected chi connectivity index (χ3v) is 2.94. The van der Waals surface area contributed by atoms with Crippen LogP contribution in [-0.2, 0) is 7.05 Å². The second kappa shape index (κ2) is 3.61. The minimum Gasteiger partial charge on any atom is -0.345 e. The summed E-state index contributed by atoms with van der Waals surface area (Å²) in [4.78, 5) is 6.51. The maximum Gasteiger partial charge on any atom is 0.204 e. The van der Waals surface area contributed by atoms with Crippen molar-refractivity contribution in [3.63, 3.8) is 0 Å². The van der Waals surface area contributed by atoms with Gasteiger partial charge in [0.1, 0.15) is 0 Å². The summed E-state index contributed by atoms with van der Waals surface area (Å²) in [5.74, 6) is 1.79. The van der Waals surface area contributed by atoms with Crippen LogP contribution in [0, 0.1) is 5.92 Å². The Morgan fingerprint density at radius 1 is 1.64 bits per heavy atom. The molecule has 0 spiro atoms. The summed E-state index contributed by atoms with van der Waals surface area (Å²) in [5.41, 5.74) is 5.75. The van der Waals surface area contributed by atoms with Crippen molar-refractivity contribution in [3.05, 3.63) is 12.4 Å². The van der Waals surface area contributed by atoms with Crippen LogP contribution in [0.4, 0.5) is 5.95 Å². The highest BCUT2D eigenvalue weighted by atomic mass is 15.3. The predicted molar refractivity (Wildman–Crippen MR) is 57.2 cm³/mol. The van der Waals surface area contributed by atoms with E-state index in [4.69, 9.17) is 5.73 Å². The fourth-order valence-corrected chi connectivity index (χ4v) is 2.13. The molecule has 1 fully saturated rings. The molecule has 1 aromatic rings. The normalized spacial score (nSPS) is 25.9. The first kappa shape index (κ1) is 9.52. The van der Waals surface area contributed by atoms with E-state index in [1.165, 1.54) is 0 Å². The molecular formula is C10H18N4. The highest BCUT2D eigenvalue weighted by molar-refractivity contribution is 5.29. The average Bonchev–Trinajstić information content (AvgIpc) is 2.48. The molecule has 1 saturated carbocycles. The molecule has 0 radical (unpaired) electrons. The first-order chi connectivity index (χ1) is 6.66. The van der Waals surface area contributed by atoms with Crippen molar-refractivity contribution in [1.29, 1.82) is 0 Å². The van der Waals surface area contributed by atoms with Crippen molar-refractivity contribution in [2.75, 3.05) is 18.5 Å². The average molecular weight is 194 g/mol. The zero-order valence-corrected chi connectivity index (χ0v) is 8.85. The van der Waals surface area contributed by atoms with Crippen LogP contribution in [0.3, 0.4) is 0 Å². The monoisotopic (exact) mass is 194 g/mol. The zero-order valence-electron chi connectivity index (χ0n) is 8.85. The van der Waals surface area contributed by atoms with Crippen LogP contribution >= 0.6 is 0 Å². The second-order valence-electron chi connectivity index (χ2n) is 4.32. The summed E-state index contributed by atoms with van der Waals surface area (Å²) < 4.78 is 2.04. The number of hydrogen-bond acceptors (Lipinski definition) is 3. The third-order valence-electron chi connectivity index (χ3n) is 2.94. The van der Waals surface area contributed by atoms with Gasteiger partial charge in [-0.3, -0.25) is 0 Å². The van der Waals surface area contributed by atoms with E-state index in [1.54, 1.807) is 0 Å². The van der Waals surface area contributed by atoms with Crippen molar-refractivity contribution in [3.8, 4) is 0 Å². The molecule has 0 atom stereocenters. The molecule has 14 heavy (non-hydrogen) atoms. The standard InChI is InChI=1S/C10H18N4/c1-13-4-3-12-10(13)14(2)7-8-5-9(11)6-8/h3-4,8-9H,5-7,11H2,1-2H3. The summed E-state index contributed by atoms with van der Waals surface area (Å²) in [5, 5.41) is 0. The Labute approximate surface area is 84.7 Å². The van der Waals surface area contributed by atoms with Gasteiger partial charge in [0.2, 0.25) is 5.95 Å².